The van der Waals surface area contributed by atoms with E-state index >= 15 is 0 Å². The maximum Gasteiger partial charge on any atom is 0.229 e. The summed E-state index contributed by atoms with van der Waals surface area (Å²) in [6, 6.07) is 8.58. The molecule has 0 atom stereocenters. The molecule has 0 aliphatic heterocycles. The number of carbonyl (C=O) groups is 1. The van der Waals surface area contributed by atoms with E-state index in [0.29, 0.717) is 11.4 Å². The number of benzene rings is 1. The summed E-state index contributed by atoms with van der Waals surface area (Å²) in [6.45, 7) is 1.50. The average Bonchev–Trinajstić information content (AvgIpc) is 2.84. The fourth-order valence-corrected chi connectivity index (χ4v) is 2.46. The zero-order valence-corrected chi connectivity index (χ0v) is 10.9. The zero-order valence-electron chi connectivity index (χ0n) is 10.1. The van der Waals surface area contributed by atoms with Gasteiger partial charge in [0.2, 0.25) is 5.91 Å². The van der Waals surface area contributed by atoms with E-state index in [1.165, 1.54) is 31.4 Å². The molecule has 0 saturated heterocycles. The summed E-state index contributed by atoms with van der Waals surface area (Å²) in [4.78, 5) is 13.3. The maximum absolute atomic E-state index is 11.8. The van der Waals surface area contributed by atoms with Crippen molar-refractivity contribution < 1.29 is 14.6 Å². The third-order valence-electron chi connectivity index (χ3n) is 2.46. The minimum atomic E-state index is -0.0924. The highest BCUT2D eigenvalue weighted by atomic mass is 32.1. The highest BCUT2D eigenvalue weighted by Crippen LogP contribution is 2.35. The van der Waals surface area contributed by atoms with Crippen molar-refractivity contribution in [1.29, 1.82) is 0 Å². The molecule has 94 valence electrons. The number of hydrogen-bond acceptors (Lipinski definition) is 4. The minimum absolute atomic E-state index is 0.0518. The summed E-state index contributed by atoms with van der Waals surface area (Å²) in [7, 11) is 1.47. The van der Waals surface area contributed by atoms with Crippen LogP contribution in [0.5, 0.6) is 11.5 Å². The Morgan fingerprint density at radius 1 is 1.39 bits per heavy atom. The summed E-state index contributed by atoms with van der Waals surface area (Å²) in [5, 5.41) is 12.3. The Labute approximate surface area is 109 Å². The van der Waals surface area contributed by atoms with Crippen LogP contribution in [-0.2, 0) is 4.79 Å². The van der Waals surface area contributed by atoms with Gasteiger partial charge in [0.1, 0.15) is 5.00 Å². The van der Waals surface area contributed by atoms with Crippen LogP contribution in [-0.4, -0.2) is 18.1 Å². The molecule has 5 heteroatoms. The Balaban J connectivity index is 2.47. The van der Waals surface area contributed by atoms with E-state index in [1.54, 1.807) is 17.0 Å². The number of ether oxygens (including phenoxy) is 1. The van der Waals surface area contributed by atoms with Crippen LogP contribution in [0.25, 0.3) is 0 Å². The lowest BCUT2D eigenvalue weighted by atomic mass is 10.2. The quantitative estimate of drug-likeness (QED) is 0.925. The molecule has 0 spiro atoms. The van der Waals surface area contributed by atoms with E-state index in [-0.39, 0.29) is 11.7 Å². The van der Waals surface area contributed by atoms with Crippen LogP contribution >= 0.6 is 11.3 Å². The summed E-state index contributed by atoms with van der Waals surface area (Å²) in [5.41, 5.74) is 0.666. The molecule has 2 rings (SSSR count). The molecule has 1 N–H and O–H groups in total. The summed E-state index contributed by atoms with van der Waals surface area (Å²) < 4.78 is 5.05. The highest BCUT2D eigenvalue weighted by molar-refractivity contribution is 7.14. The van der Waals surface area contributed by atoms with Crippen molar-refractivity contribution in [3.63, 3.8) is 0 Å². The first-order valence-electron chi connectivity index (χ1n) is 5.34. The Morgan fingerprint density at radius 3 is 2.72 bits per heavy atom. The number of anilines is 2. The molecule has 4 nitrogen and oxygen atoms in total. The molecule has 0 saturated carbocycles. The Hall–Kier alpha value is -2.01. The summed E-state index contributed by atoms with van der Waals surface area (Å²) in [5.74, 6) is 0.302. The Morgan fingerprint density at radius 2 is 2.17 bits per heavy atom. The second kappa shape index (κ2) is 5.10. The molecule has 1 aromatic carbocycles. The van der Waals surface area contributed by atoms with Gasteiger partial charge >= 0.3 is 0 Å². The molecule has 0 radical (unpaired) electrons. The lowest BCUT2D eigenvalue weighted by Gasteiger charge is -2.20. The van der Waals surface area contributed by atoms with Gasteiger partial charge in [-0.15, -0.1) is 11.3 Å². The van der Waals surface area contributed by atoms with E-state index in [1.807, 2.05) is 17.5 Å². The number of rotatable bonds is 3. The van der Waals surface area contributed by atoms with Crippen LogP contribution < -0.4 is 9.64 Å². The molecule has 0 bridgehead atoms. The molecule has 0 unspecified atom stereocenters. The predicted molar refractivity (Wildman–Crippen MR) is 71.8 cm³/mol. The third-order valence-corrected chi connectivity index (χ3v) is 3.32. The second-order valence-electron chi connectivity index (χ2n) is 3.66. The van der Waals surface area contributed by atoms with Gasteiger partial charge < -0.3 is 9.84 Å². The average molecular weight is 263 g/mol. The number of methoxy groups -OCH3 is 1. The third kappa shape index (κ3) is 2.31. The first-order valence-corrected chi connectivity index (χ1v) is 6.22. The van der Waals surface area contributed by atoms with Crippen LogP contribution in [0, 0.1) is 0 Å². The topological polar surface area (TPSA) is 49.8 Å². The van der Waals surface area contributed by atoms with E-state index in [9.17, 15) is 9.90 Å². The summed E-state index contributed by atoms with van der Waals surface area (Å²) >= 11 is 1.47. The van der Waals surface area contributed by atoms with Crippen LogP contribution in [0.3, 0.4) is 0 Å². The standard InChI is InChI=1S/C13H13NO3S/c1-9(15)14(13-4-3-7-18-13)10-5-6-11(16)12(8-10)17-2/h3-8,16H,1-2H3. The van der Waals surface area contributed by atoms with Crippen LogP contribution in [0.4, 0.5) is 10.7 Å². The second-order valence-corrected chi connectivity index (χ2v) is 4.59. The van der Waals surface area contributed by atoms with Crippen LogP contribution in [0.1, 0.15) is 6.92 Å². The smallest absolute Gasteiger partial charge is 0.229 e. The van der Waals surface area contributed by atoms with Gasteiger partial charge in [0, 0.05) is 13.0 Å². The van der Waals surface area contributed by atoms with E-state index in [0.717, 1.165) is 5.00 Å². The molecule has 18 heavy (non-hydrogen) atoms. The molecule has 2 aromatic rings. The number of phenolic OH excluding ortho intramolecular Hbond substituents is 1. The van der Waals surface area contributed by atoms with Crippen molar-refractivity contribution in [2.75, 3.05) is 12.0 Å². The number of carbonyl (C=O) groups excluding carboxylic acids is 1. The van der Waals surface area contributed by atoms with Crippen molar-refractivity contribution in [2.45, 2.75) is 6.92 Å². The fraction of sp³-hybridized carbons (Fsp3) is 0.154. The number of amides is 1. The lowest BCUT2D eigenvalue weighted by Crippen LogP contribution is -2.21. The number of thiophene rings is 1. The maximum atomic E-state index is 11.8. The van der Waals surface area contributed by atoms with Crippen molar-refractivity contribution in [3.05, 3.63) is 35.7 Å². The highest BCUT2D eigenvalue weighted by Gasteiger charge is 2.16. The molecule has 1 aromatic heterocycles. The molecule has 1 heterocycles. The summed E-state index contributed by atoms with van der Waals surface area (Å²) in [6.07, 6.45) is 0. The van der Waals surface area contributed by atoms with E-state index in [4.69, 9.17) is 4.74 Å². The molecule has 1 amide bonds. The van der Waals surface area contributed by atoms with Gasteiger partial charge in [-0.05, 0) is 29.6 Å². The molecular weight excluding hydrogens is 250 g/mol. The SMILES string of the molecule is COc1cc(N(C(C)=O)c2cccs2)ccc1O. The molecule has 0 fully saturated rings. The van der Waals surface area contributed by atoms with Gasteiger partial charge in [-0.25, -0.2) is 0 Å². The van der Waals surface area contributed by atoms with Gasteiger partial charge in [0.15, 0.2) is 11.5 Å². The Kier molecular flexibility index (Phi) is 3.53. The van der Waals surface area contributed by atoms with E-state index in [2.05, 4.69) is 0 Å². The molecule has 0 aliphatic carbocycles. The van der Waals surface area contributed by atoms with Gasteiger partial charge in [0.05, 0.1) is 12.8 Å². The predicted octanol–water partition coefficient (Wildman–Crippen LogP) is 3.15. The van der Waals surface area contributed by atoms with Crippen molar-refractivity contribution in [1.82, 2.24) is 0 Å². The lowest BCUT2D eigenvalue weighted by molar-refractivity contribution is -0.115. The number of nitrogens with zero attached hydrogens (tertiary/aromatic N) is 1. The Bertz CT molecular complexity index is 551. The van der Waals surface area contributed by atoms with Crippen LogP contribution in [0.2, 0.25) is 0 Å². The van der Waals surface area contributed by atoms with Gasteiger partial charge in [-0.1, -0.05) is 0 Å². The van der Waals surface area contributed by atoms with Gasteiger partial charge in [0.25, 0.3) is 0 Å². The van der Waals surface area contributed by atoms with Crippen LogP contribution in [0.15, 0.2) is 35.7 Å². The van der Waals surface area contributed by atoms with Gasteiger partial charge in [-0.2, -0.15) is 0 Å². The molecular formula is C13H13NO3S. The normalized spacial score (nSPS) is 10.1. The monoisotopic (exact) mass is 263 g/mol. The fourth-order valence-electron chi connectivity index (χ4n) is 1.67. The van der Waals surface area contributed by atoms with Crippen molar-refractivity contribution >= 4 is 27.9 Å². The van der Waals surface area contributed by atoms with Crippen molar-refractivity contribution in [2.24, 2.45) is 0 Å². The first-order chi connectivity index (χ1) is 8.63. The first kappa shape index (κ1) is 12.4. The number of aromatic hydroxyl groups is 1. The van der Waals surface area contributed by atoms with Crippen molar-refractivity contribution in [3.8, 4) is 11.5 Å². The van der Waals surface area contributed by atoms with E-state index < -0.39 is 0 Å². The van der Waals surface area contributed by atoms with Gasteiger partial charge in [-0.3, -0.25) is 9.69 Å². The largest absolute Gasteiger partial charge is 0.504 e. The number of hydrogen-bond donors (Lipinski definition) is 1. The zero-order chi connectivity index (χ0) is 13.1. The number of phenols is 1. The molecule has 0 aliphatic rings. The minimum Gasteiger partial charge on any atom is -0.504 e.